The maximum Gasteiger partial charge on any atom is 0.407 e. The van der Waals surface area contributed by atoms with E-state index in [0.29, 0.717) is 25.0 Å². The molecule has 0 aliphatic rings. The zero-order valence-corrected chi connectivity index (χ0v) is 17.2. The van der Waals surface area contributed by atoms with Crippen molar-refractivity contribution in [2.24, 2.45) is 10.9 Å². The summed E-state index contributed by atoms with van der Waals surface area (Å²) in [6, 6.07) is 7.94. The molecular formula is C20H34N4O3. The van der Waals surface area contributed by atoms with Crippen molar-refractivity contribution in [3.8, 4) is 5.75 Å². The molecule has 1 aromatic rings. The molecular weight excluding hydrogens is 344 g/mol. The Morgan fingerprint density at radius 3 is 2.59 bits per heavy atom. The Morgan fingerprint density at radius 1 is 1.22 bits per heavy atom. The summed E-state index contributed by atoms with van der Waals surface area (Å²) in [6.07, 6.45) is 1.29. The van der Waals surface area contributed by atoms with E-state index in [2.05, 4.69) is 40.9 Å². The van der Waals surface area contributed by atoms with Crippen LogP contribution in [0.2, 0.25) is 0 Å². The van der Waals surface area contributed by atoms with Gasteiger partial charge in [0.1, 0.15) is 5.75 Å². The van der Waals surface area contributed by atoms with Gasteiger partial charge in [-0.3, -0.25) is 4.99 Å². The lowest BCUT2D eigenvalue weighted by Gasteiger charge is -2.22. The molecule has 1 unspecified atom stereocenters. The van der Waals surface area contributed by atoms with Gasteiger partial charge in [-0.25, -0.2) is 4.79 Å². The number of nitrogens with one attached hydrogen (secondary N) is 3. The van der Waals surface area contributed by atoms with Crippen LogP contribution in [0.1, 0.15) is 32.8 Å². The third-order valence-corrected chi connectivity index (χ3v) is 3.97. The number of hydrogen-bond donors (Lipinski definition) is 3. The first kappa shape index (κ1) is 22.6. The van der Waals surface area contributed by atoms with Crippen LogP contribution in [0, 0.1) is 5.92 Å². The summed E-state index contributed by atoms with van der Waals surface area (Å²) in [4.78, 5) is 16.0. The number of amides is 1. The smallest absolute Gasteiger partial charge is 0.407 e. The third-order valence-electron chi connectivity index (χ3n) is 3.97. The predicted octanol–water partition coefficient (Wildman–Crippen LogP) is 2.56. The molecule has 0 aromatic heterocycles. The molecule has 0 fully saturated rings. The first-order chi connectivity index (χ1) is 13.0. The van der Waals surface area contributed by atoms with Crippen LogP contribution < -0.4 is 20.7 Å². The number of carbonyl (C=O) groups is 1. The molecule has 7 nitrogen and oxygen atoms in total. The molecule has 0 aliphatic heterocycles. The topological polar surface area (TPSA) is 84.0 Å². The highest BCUT2D eigenvalue weighted by Crippen LogP contribution is 2.17. The van der Waals surface area contributed by atoms with Gasteiger partial charge in [-0.15, -0.1) is 0 Å². The Labute approximate surface area is 162 Å². The number of nitrogens with zero attached hydrogens (tertiary/aromatic N) is 1. The van der Waals surface area contributed by atoms with E-state index < -0.39 is 0 Å². The second-order valence-electron chi connectivity index (χ2n) is 6.63. The standard InChI is InChI=1S/C20H34N4O3/c1-6-27-20(25)24-17(13-15(2)3)14-23-19(21-4)22-12-11-16-9-7-8-10-18(16)26-5/h7-10,15,17H,6,11-14H2,1-5H3,(H,24,25)(H2,21,22,23). The normalized spacial score (nSPS) is 12.4. The van der Waals surface area contributed by atoms with Crippen LogP contribution in [-0.4, -0.2) is 51.9 Å². The Balaban J connectivity index is 2.49. The Bertz CT molecular complexity index is 590. The van der Waals surface area contributed by atoms with Crippen LogP contribution in [0.5, 0.6) is 5.75 Å². The van der Waals surface area contributed by atoms with E-state index in [1.54, 1.807) is 21.1 Å². The highest BCUT2D eigenvalue weighted by Gasteiger charge is 2.15. The molecule has 0 bridgehead atoms. The zero-order valence-electron chi connectivity index (χ0n) is 17.2. The number of guanidine groups is 1. The Kier molecular flexibility index (Phi) is 10.7. The van der Waals surface area contributed by atoms with E-state index in [0.717, 1.165) is 30.7 Å². The number of ether oxygens (including phenoxy) is 2. The summed E-state index contributed by atoms with van der Waals surface area (Å²) in [5, 5.41) is 9.47. The largest absolute Gasteiger partial charge is 0.496 e. The van der Waals surface area contributed by atoms with Crippen LogP contribution in [0.15, 0.2) is 29.3 Å². The molecule has 0 spiro atoms. The summed E-state index contributed by atoms with van der Waals surface area (Å²) < 4.78 is 10.4. The van der Waals surface area contributed by atoms with E-state index in [4.69, 9.17) is 9.47 Å². The number of rotatable bonds is 10. The van der Waals surface area contributed by atoms with E-state index in [1.807, 2.05) is 18.2 Å². The summed E-state index contributed by atoms with van der Waals surface area (Å²) in [7, 11) is 3.41. The molecule has 0 heterocycles. The van der Waals surface area contributed by atoms with Crippen molar-refractivity contribution in [2.45, 2.75) is 39.7 Å². The minimum absolute atomic E-state index is 0.0307. The minimum Gasteiger partial charge on any atom is -0.496 e. The van der Waals surface area contributed by atoms with Crippen LogP contribution in [0.3, 0.4) is 0 Å². The SMILES string of the molecule is CCOC(=O)NC(CNC(=NC)NCCc1ccccc1OC)CC(C)C. The lowest BCUT2D eigenvalue weighted by atomic mass is 10.0. The predicted molar refractivity (Wildman–Crippen MR) is 109 cm³/mol. The Morgan fingerprint density at radius 2 is 1.96 bits per heavy atom. The van der Waals surface area contributed by atoms with E-state index in [-0.39, 0.29) is 12.1 Å². The fourth-order valence-corrected chi connectivity index (χ4v) is 2.77. The number of methoxy groups -OCH3 is 1. The molecule has 0 aliphatic carbocycles. The first-order valence-corrected chi connectivity index (χ1v) is 9.49. The van der Waals surface area contributed by atoms with Crippen molar-refractivity contribution in [2.75, 3.05) is 33.9 Å². The van der Waals surface area contributed by atoms with Crippen molar-refractivity contribution in [3.05, 3.63) is 29.8 Å². The average molecular weight is 379 g/mol. The number of aliphatic imine (C=N–C) groups is 1. The number of alkyl carbamates (subject to hydrolysis) is 1. The number of para-hydroxylation sites is 1. The maximum atomic E-state index is 11.7. The quantitative estimate of drug-likeness (QED) is 0.430. The monoisotopic (exact) mass is 378 g/mol. The molecule has 0 saturated carbocycles. The third kappa shape index (κ3) is 9.17. The summed E-state index contributed by atoms with van der Waals surface area (Å²) >= 11 is 0. The van der Waals surface area contributed by atoms with Gasteiger partial charge in [0, 0.05) is 26.2 Å². The number of hydrogen-bond acceptors (Lipinski definition) is 4. The van der Waals surface area contributed by atoms with Crippen molar-refractivity contribution in [1.82, 2.24) is 16.0 Å². The van der Waals surface area contributed by atoms with Gasteiger partial charge in [-0.2, -0.15) is 0 Å². The van der Waals surface area contributed by atoms with Crippen LogP contribution >= 0.6 is 0 Å². The average Bonchev–Trinajstić information content (AvgIpc) is 2.64. The lowest BCUT2D eigenvalue weighted by Crippen LogP contribution is -2.48. The second kappa shape index (κ2) is 12.8. The number of carbonyl (C=O) groups excluding carboxylic acids is 1. The van der Waals surface area contributed by atoms with Crippen molar-refractivity contribution in [3.63, 3.8) is 0 Å². The summed E-state index contributed by atoms with van der Waals surface area (Å²) in [6.45, 7) is 7.70. The van der Waals surface area contributed by atoms with E-state index in [9.17, 15) is 4.79 Å². The molecule has 1 atom stereocenters. The van der Waals surface area contributed by atoms with Gasteiger partial charge in [0.2, 0.25) is 0 Å². The van der Waals surface area contributed by atoms with Crippen LogP contribution in [0.25, 0.3) is 0 Å². The highest BCUT2D eigenvalue weighted by atomic mass is 16.5. The molecule has 3 N–H and O–H groups in total. The first-order valence-electron chi connectivity index (χ1n) is 9.49. The van der Waals surface area contributed by atoms with E-state index >= 15 is 0 Å². The molecule has 152 valence electrons. The minimum atomic E-state index is -0.385. The fraction of sp³-hybridized carbons (Fsp3) is 0.600. The fourth-order valence-electron chi connectivity index (χ4n) is 2.77. The summed E-state index contributed by atoms with van der Waals surface area (Å²) in [5.74, 6) is 2.04. The molecule has 0 saturated heterocycles. The van der Waals surface area contributed by atoms with Gasteiger partial charge in [0.15, 0.2) is 5.96 Å². The Hall–Kier alpha value is -2.44. The zero-order chi connectivity index (χ0) is 20.1. The van der Waals surface area contributed by atoms with Crippen LogP contribution in [0.4, 0.5) is 4.79 Å². The molecule has 0 radical (unpaired) electrons. The molecule has 27 heavy (non-hydrogen) atoms. The summed E-state index contributed by atoms with van der Waals surface area (Å²) in [5.41, 5.74) is 1.14. The van der Waals surface area contributed by atoms with Gasteiger partial charge in [0.25, 0.3) is 0 Å². The molecule has 1 rings (SSSR count). The maximum absolute atomic E-state index is 11.7. The van der Waals surface area contributed by atoms with E-state index in [1.165, 1.54) is 0 Å². The van der Waals surface area contributed by atoms with Crippen molar-refractivity contribution in [1.29, 1.82) is 0 Å². The lowest BCUT2D eigenvalue weighted by molar-refractivity contribution is 0.146. The van der Waals surface area contributed by atoms with Crippen LogP contribution in [-0.2, 0) is 11.2 Å². The van der Waals surface area contributed by atoms with Gasteiger partial charge in [-0.1, -0.05) is 32.0 Å². The second-order valence-corrected chi connectivity index (χ2v) is 6.63. The van der Waals surface area contributed by atoms with Crippen molar-refractivity contribution < 1.29 is 14.3 Å². The van der Waals surface area contributed by atoms with Crippen molar-refractivity contribution >= 4 is 12.1 Å². The highest BCUT2D eigenvalue weighted by molar-refractivity contribution is 5.79. The van der Waals surface area contributed by atoms with Gasteiger partial charge >= 0.3 is 6.09 Å². The molecule has 1 amide bonds. The number of benzene rings is 1. The van der Waals surface area contributed by atoms with Gasteiger partial charge < -0.3 is 25.4 Å². The van der Waals surface area contributed by atoms with Gasteiger partial charge in [-0.05, 0) is 37.3 Å². The molecule has 7 heteroatoms. The van der Waals surface area contributed by atoms with Gasteiger partial charge in [0.05, 0.1) is 13.7 Å². The molecule has 1 aromatic carbocycles.